The molecule has 2 aromatic rings. The Morgan fingerprint density at radius 2 is 2.06 bits per heavy atom. The third-order valence-corrected chi connectivity index (χ3v) is 6.98. The smallest absolute Gasteiger partial charge is 0.336 e. The number of fused-ring (bicyclic) bond motifs is 1. The van der Waals surface area contributed by atoms with E-state index < -0.39 is 22.7 Å². The number of hydrogen-bond acceptors (Lipinski definition) is 7. The van der Waals surface area contributed by atoms with Crippen LogP contribution in [0.2, 0.25) is 0 Å². The number of hydrogen-bond donors (Lipinski definition) is 1. The highest BCUT2D eigenvalue weighted by Crippen LogP contribution is 2.47. The van der Waals surface area contributed by atoms with Gasteiger partial charge in [-0.15, -0.1) is 11.3 Å². The molecule has 7 nitrogen and oxygen atoms in total. The zero-order valence-corrected chi connectivity index (χ0v) is 19.6. The summed E-state index contributed by atoms with van der Waals surface area (Å²) in [5.74, 6) is -1.68. The fourth-order valence-electron chi connectivity index (χ4n) is 4.54. The van der Waals surface area contributed by atoms with E-state index in [1.165, 1.54) is 12.1 Å². The molecule has 8 heteroatoms. The highest BCUT2D eigenvalue weighted by atomic mass is 32.1. The summed E-state index contributed by atoms with van der Waals surface area (Å²) < 4.78 is 5.54. The van der Waals surface area contributed by atoms with E-state index in [-0.39, 0.29) is 29.9 Å². The highest BCUT2D eigenvalue weighted by Gasteiger charge is 2.45. The molecule has 1 N–H and O–H groups in total. The number of nitrogens with zero attached hydrogens (tertiary/aromatic N) is 1. The van der Waals surface area contributed by atoms with Crippen LogP contribution in [0.5, 0.6) is 0 Å². The van der Waals surface area contributed by atoms with Crippen molar-refractivity contribution in [2.45, 2.75) is 39.0 Å². The van der Waals surface area contributed by atoms with Gasteiger partial charge in [0.15, 0.2) is 0 Å². The average molecular weight is 467 g/mol. The summed E-state index contributed by atoms with van der Waals surface area (Å²) in [6, 6.07) is 10.2. The molecule has 1 aliphatic carbocycles. The number of benzene rings is 1. The van der Waals surface area contributed by atoms with Gasteiger partial charge in [0.25, 0.3) is 5.69 Å². The van der Waals surface area contributed by atoms with Crippen LogP contribution in [0.3, 0.4) is 0 Å². The molecule has 33 heavy (non-hydrogen) atoms. The third kappa shape index (κ3) is 4.61. The second-order valence-corrected chi connectivity index (χ2v) is 9.86. The number of nitro benzene ring substituents is 1. The zero-order valence-electron chi connectivity index (χ0n) is 18.7. The first-order chi connectivity index (χ1) is 15.8. The van der Waals surface area contributed by atoms with Gasteiger partial charge >= 0.3 is 5.97 Å². The van der Waals surface area contributed by atoms with Crippen LogP contribution in [0.25, 0.3) is 0 Å². The van der Waals surface area contributed by atoms with E-state index in [1.54, 1.807) is 30.4 Å². The average Bonchev–Trinajstić information content (AvgIpc) is 3.31. The summed E-state index contributed by atoms with van der Waals surface area (Å²) in [5.41, 5.74) is 2.16. The molecule has 2 aliphatic rings. The molecule has 4 rings (SSSR count). The Morgan fingerprint density at radius 1 is 1.27 bits per heavy atom. The largest absolute Gasteiger partial charge is 0.462 e. The fourth-order valence-corrected chi connectivity index (χ4v) is 5.34. The van der Waals surface area contributed by atoms with E-state index in [0.29, 0.717) is 23.3 Å². The SMILES string of the molecule is CC1=C(C(=O)OCC(C)C)C(c2cccc([N+](=O)[O-])c2)C2C(=O)CC(c3cccs3)C=C2N1. The van der Waals surface area contributed by atoms with Crippen molar-refractivity contribution in [1.82, 2.24) is 5.32 Å². The maximum atomic E-state index is 13.5. The van der Waals surface area contributed by atoms with E-state index in [4.69, 9.17) is 4.74 Å². The van der Waals surface area contributed by atoms with Crippen molar-refractivity contribution in [3.8, 4) is 0 Å². The van der Waals surface area contributed by atoms with Crippen molar-refractivity contribution in [3.63, 3.8) is 0 Å². The summed E-state index contributed by atoms with van der Waals surface area (Å²) in [6.07, 6.45) is 2.37. The van der Waals surface area contributed by atoms with E-state index in [0.717, 1.165) is 10.6 Å². The molecule has 1 aromatic heterocycles. The van der Waals surface area contributed by atoms with Crippen molar-refractivity contribution in [2.24, 2.45) is 11.8 Å². The maximum Gasteiger partial charge on any atom is 0.336 e. The van der Waals surface area contributed by atoms with Crippen LogP contribution in [0.1, 0.15) is 49.5 Å². The summed E-state index contributed by atoms with van der Waals surface area (Å²) >= 11 is 1.60. The van der Waals surface area contributed by atoms with Gasteiger partial charge in [0.05, 0.1) is 23.0 Å². The molecule has 0 saturated carbocycles. The zero-order chi connectivity index (χ0) is 23.7. The Balaban J connectivity index is 1.82. The number of nitrogens with one attached hydrogen (secondary N) is 1. The highest BCUT2D eigenvalue weighted by molar-refractivity contribution is 7.10. The summed E-state index contributed by atoms with van der Waals surface area (Å²) in [4.78, 5) is 38.7. The molecule has 3 unspecified atom stereocenters. The lowest BCUT2D eigenvalue weighted by Gasteiger charge is -2.39. The number of non-ortho nitro benzene ring substituents is 1. The van der Waals surface area contributed by atoms with Crippen molar-refractivity contribution >= 4 is 28.8 Å². The Bertz CT molecular complexity index is 1150. The van der Waals surface area contributed by atoms with Gasteiger partial charge < -0.3 is 10.1 Å². The lowest BCUT2D eigenvalue weighted by Crippen LogP contribution is -2.42. The number of Topliss-reactive ketones (excluding diaryl/α,β-unsaturated/α-hetero) is 1. The third-order valence-electron chi connectivity index (χ3n) is 5.98. The van der Waals surface area contributed by atoms with Crippen molar-refractivity contribution in [3.05, 3.63) is 85.4 Å². The van der Waals surface area contributed by atoms with E-state index in [1.807, 2.05) is 31.4 Å². The molecule has 0 fully saturated rings. The van der Waals surface area contributed by atoms with Gasteiger partial charge in [-0.1, -0.05) is 38.1 Å². The second kappa shape index (κ2) is 9.31. The quantitative estimate of drug-likeness (QED) is 0.362. The first kappa shape index (κ1) is 22.9. The molecule has 0 amide bonds. The van der Waals surface area contributed by atoms with Crippen molar-refractivity contribution in [1.29, 1.82) is 0 Å². The van der Waals surface area contributed by atoms with Crippen LogP contribution >= 0.6 is 11.3 Å². The molecule has 1 aromatic carbocycles. The van der Waals surface area contributed by atoms with Crippen LogP contribution in [0.15, 0.2) is 64.8 Å². The van der Waals surface area contributed by atoms with Crippen LogP contribution < -0.4 is 5.32 Å². The second-order valence-electron chi connectivity index (χ2n) is 8.88. The van der Waals surface area contributed by atoms with Crippen LogP contribution in [0, 0.1) is 22.0 Å². The molecule has 0 saturated heterocycles. The Hall–Kier alpha value is -3.26. The summed E-state index contributed by atoms with van der Waals surface area (Å²) in [6.45, 7) is 5.93. The lowest BCUT2D eigenvalue weighted by molar-refractivity contribution is -0.384. The standard InChI is InChI=1S/C25H26N2O5S/c1-14(2)13-32-25(29)22-15(3)26-19-11-17(21-8-5-9-33-21)12-20(28)24(19)23(22)16-6-4-7-18(10-16)27(30)31/h4-11,14,17,23-24,26H,12-13H2,1-3H3. The molecule has 0 radical (unpaired) electrons. The molecule has 0 bridgehead atoms. The first-order valence-corrected chi connectivity index (χ1v) is 11.8. The van der Waals surface area contributed by atoms with Crippen LogP contribution in [0.4, 0.5) is 5.69 Å². The number of allylic oxidation sites excluding steroid dienone is 3. The fraction of sp³-hybridized carbons (Fsp3) is 0.360. The maximum absolute atomic E-state index is 13.5. The minimum absolute atomic E-state index is 0.00318. The van der Waals surface area contributed by atoms with Gasteiger partial charge in [-0.2, -0.15) is 0 Å². The number of ketones is 1. The first-order valence-electron chi connectivity index (χ1n) is 10.9. The van der Waals surface area contributed by atoms with Gasteiger partial charge in [0.1, 0.15) is 5.78 Å². The van der Waals surface area contributed by atoms with Gasteiger partial charge in [0, 0.05) is 46.7 Å². The monoisotopic (exact) mass is 466 g/mol. The van der Waals surface area contributed by atoms with E-state index in [2.05, 4.69) is 11.4 Å². The van der Waals surface area contributed by atoms with Gasteiger partial charge in [-0.3, -0.25) is 14.9 Å². The lowest BCUT2D eigenvalue weighted by atomic mass is 9.69. The topological polar surface area (TPSA) is 98.5 Å². The molecule has 1 aliphatic heterocycles. The Kier molecular flexibility index (Phi) is 6.47. The molecular formula is C25H26N2O5S. The normalized spacial score (nSPS) is 22.5. The number of esters is 1. The Morgan fingerprint density at radius 3 is 2.73 bits per heavy atom. The van der Waals surface area contributed by atoms with Crippen LogP contribution in [-0.4, -0.2) is 23.3 Å². The minimum Gasteiger partial charge on any atom is -0.462 e. The summed E-state index contributed by atoms with van der Waals surface area (Å²) in [5, 5.41) is 16.7. The molecule has 2 heterocycles. The van der Waals surface area contributed by atoms with Gasteiger partial charge in [-0.05, 0) is 29.9 Å². The van der Waals surface area contributed by atoms with Crippen molar-refractivity contribution in [2.75, 3.05) is 6.61 Å². The van der Waals surface area contributed by atoms with Gasteiger partial charge in [0.2, 0.25) is 0 Å². The minimum atomic E-state index is -0.658. The number of ether oxygens (including phenoxy) is 1. The Labute approximate surface area is 196 Å². The summed E-state index contributed by atoms with van der Waals surface area (Å²) in [7, 11) is 0. The van der Waals surface area contributed by atoms with Crippen LogP contribution in [-0.2, 0) is 14.3 Å². The van der Waals surface area contributed by atoms with Crippen molar-refractivity contribution < 1.29 is 19.2 Å². The predicted octanol–water partition coefficient (Wildman–Crippen LogP) is 5.07. The van der Waals surface area contributed by atoms with E-state index in [9.17, 15) is 19.7 Å². The molecule has 0 spiro atoms. The van der Waals surface area contributed by atoms with Gasteiger partial charge in [-0.25, -0.2) is 4.79 Å². The predicted molar refractivity (Wildman–Crippen MR) is 126 cm³/mol. The molecule has 172 valence electrons. The number of nitro groups is 1. The molecule has 3 atom stereocenters. The van der Waals surface area contributed by atoms with E-state index >= 15 is 0 Å². The number of thiophene rings is 1. The molecular weight excluding hydrogens is 440 g/mol. The number of carbonyl (C=O) groups is 2. The number of carbonyl (C=O) groups excluding carboxylic acids is 2. The number of rotatable bonds is 6.